The molecule has 0 saturated heterocycles. The lowest BCUT2D eigenvalue weighted by molar-refractivity contribution is 0.0984. The molecule has 1 unspecified atom stereocenters. The number of pyridine rings is 2. The number of aromatic hydroxyl groups is 1. The van der Waals surface area contributed by atoms with Gasteiger partial charge in [-0.3, -0.25) is 15.1 Å². The van der Waals surface area contributed by atoms with Gasteiger partial charge in [-0.25, -0.2) is 9.97 Å². The normalized spacial score (nSPS) is 13.4. The van der Waals surface area contributed by atoms with Gasteiger partial charge in [0.15, 0.2) is 0 Å². The molecule has 1 aliphatic heterocycles. The smallest absolute Gasteiger partial charge is 0.278 e. The van der Waals surface area contributed by atoms with E-state index in [0.717, 1.165) is 28.5 Å². The molecule has 11 nitrogen and oxygen atoms in total. The van der Waals surface area contributed by atoms with E-state index in [1.54, 1.807) is 30.2 Å². The van der Waals surface area contributed by atoms with Crippen LogP contribution < -0.4 is 20.4 Å². The Morgan fingerprint density at radius 3 is 2.74 bits per heavy atom. The van der Waals surface area contributed by atoms with Gasteiger partial charge in [-0.2, -0.15) is 4.37 Å². The Labute approximate surface area is 226 Å². The molecule has 3 aromatic rings. The van der Waals surface area contributed by atoms with Crippen molar-refractivity contribution in [2.75, 3.05) is 49.5 Å². The number of anilines is 4. The minimum Gasteiger partial charge on any atom is -0.492 e. The number of hydrogen-bond acceptors (Lipinski definition) is 10. The molecule has 0 aliphatic carbocycles. The monoisotopic (exact) mass is 538 g/mol. The van der Waals surface area contributed by atoms with Crippen molar-refractivity contribution < 1.29 is 14.6 Å². The number of nitrogens with zero attached hydrogens (tertiary/aromatic N) is 5. The molecule has 0 bridgehead atoms. The van der Waals surface area contributed by atoms with E-state index in [2.05, 4.69) is 33.0 Å². The van der Waals surface area contributed by atoms with Gasteiger partial charge in [0.2, 0.25) is 5.88 Å². The second kappa shape index (κ2) is 11.3. The van der Waals surface area contributed by atoms with Gasteiger partial charge in [0, 0.05) is 45.3 Å². The van der Waals surface area contributed by atoms with Crippen molar-refractivity contribution in [1.29, 1.82) is 5.41 Å². The maximum Gasteiger partial charge on any atom is 0.278 e. The zero-order valence-corrected chi connectivity index (χ0v) is 23.3. The van der Waals surface area contributed by atoms with Crippen LogP contribution in [0.2, 0.25) is 0 Å². The van der Waals surface area contributed by atoms with Crippen LogP contribution in [0.4, 0.5) is 22.5 Å². The Morgan fingerprint density at radius 2 is 2.05 bits per heavy atom. The second-order valence-corrected chi connectivity index (χ2v) is 10.5. The van der Waals surface area contributed by atoms with Gasteiger partial charge in [-0.1, -0.05) is 13.0 Å². The van der Waals surface area contributed by atoms with Gasteiger partial charge in [-0.05, 0) is 55.6 Å². The average molecular weight is 539 g/mol. The van der Waals surface area contributed by atoms with E-state index >= 15 is 0 Å². The standard InChI is InChI=1S/C26H34N8O3S/c1-14(2)28-22(27)21-24(35)32-38-25(21)30-19-9-7-8-18(29-19)26(36)34-11-10-16-17(15(3)13-37-6)12-20(33(4)5)31-23(16)34/h7-9,12,14-15H,10-11,13H2,1-6H3,(H2,27,28)(H,29,30)(H,32,35). The molecule has 1 amide bonds. The van der Waals surface area contributed by atoms with Gasteiger partial charge in [0.05, 0.1) is 6.61 Å². The zero-order chi connectivity index (χ0) is 27.6. The van der Waals surface area contributed by atoms with E-state index in [9.17, 15) is 9.90 Å². The van der Waals surface area contributed by atoms with E-state index in [1.165, 1.54) is 0 Å². The van der Waals surface area contributed by atoms with E-state index in [-0.39, 0.29) is 40.8 Å². The minimum atomic E-state index is -0.247. The van der Waals surface area contributed by atoms with Crippen LogP contribution in [0.1, 0.15) is 53.9 Å². The molecule has 4 rings (SSSR count). The number of amidine groups is 1. The van der Waals surface area contributed by atoms with E-state index in [0.29, 0.717) is 36.2 Å². The molecule has 4 N–H and O–H groups in total. The fraction of sp³-hybridized carbons (Fsp3) is 0.423. The number of fused-ring (bicyclic) bond motifs is 1. The van der Waals surface area contributed by atoms with Crippen LogP contribution >= 0.6 is 11.5 Å². The molecule has 0 spiro atoms. The van der Waals surface area contributed by atoms with Crippen LogP contribution in [-0.4, -0.2) is 71.6 Å². The van der Waals surface area contributed by atoms with Gasteiger partial charge >= 0.3 is 0 Å². The lowest BCUT2D eigenvalue weighted by Gasteiger charge is -2.22. The van der Waals surface area contributed by atoms with Crippen LogP contribution in [0, 0.1) is 5.41 Å². The molecule has 0 aromatic carbocycles. The van der Waals surface area contributed by atoms with Crippen LogP contribution in [-0.2, 0) is 11.2 Å². The molecule has 1 aliphatic rings. The lowest BCUT2D eigenvalue weighted by atomic mass is 9.96. The highest BCUT2D eigenvalue weighted by Gasteiger charge is 2.32. The summed E-state index contributed by atoms with van der Waals surface area (Å²) in [5.41, 5.74) is 2.71. The number of nitrogens with one attached hydrogen (secondary N) is 3. The topological polar surface area (TPSA) is 140 Å². The Hall–Kier alpha value is -3.77. The predicted octanol–water partition coefficient (Wildman–Crippen LogP) is 3.72. The largest absolute Gasteiger partial charge is 0.492 e. The fourth-order valence-electron chi connectivity index (χ4n) is 4.41. The third-order valence-corrected chi connectivity index (χ3v) is 6.94. The highest BCUT2D eigenvalue weighted by Crippen LogP contribution is 2.36. The first-order chi connectivity index (χ1) is 18.1. The molecule has 1 atom stereocenters. The summed E-state index contributed by atoms with van der Waals surface area (Å²) in [5.74, 6) is 1.56. The maximum atomic E-state index is 13.7. The first-order valence-electron chi connectivity index (χ1n) is 12.4. The highest BCUT2D eigenvalue weighted by atomic mass is 32.1. The van der Waals surface area contributed by atoms with Crippen molar-refractivity contribution in [2.45, 2.75) is 39.2 Å². The average Bonchev–Trinajstić information content (AvgIpc) is 3.46. The summed E-state index contributed by atoms with van der Waals surface area (Å²) in [6, 6.07) is 7.22. The van der Waals surface area contributed by atoms with Gasteiger partial charge in [0.1, 0.15) is 39.5 Å². The van der Waals surface area contributed by atoms with Crippen molar-refractivity contribution in [1.82, 2.24) is 19.7 Å². The Balaban J connectivity index is 1.63. The van der Waals surface area contributed by atoms with Crippen molar-refractivity contribution in [3.8, 4) is 5.88 Å². The lowest BCUT2D eigenvalue weighted by Crippen LogP contribution is -2.31. The molecule has 202 valence electrons. The van der Waals surface area contributed by atoms with Crippen LogP contribution in [0.3, 0.4) is 0 Å². The molecular weight excluding hydrogens is 504 g/mol. The molecule has 0 saturated carbocycles. The van der Waals surface area contributed by atoms with Crippen LogP contribution in [0.5, 0.6) is 5.88 Å². The van der Waals surface area contributed by atoms with E-state index in [1.807, 2.05) is 32.8 Å². The van der Waals surface area contributed by atoms with Crippen LogP contribution in [0.25, 0.3) is 0 Å². The molecule has 38 heavy (non-hydrogen) atoms. The van der Waals surface area contributed by atoms with Crippen molar-refractivity contribution >= 4 is 45.7 Å². The van der Waals surface area contributed by atoms with Gasteiger partial charge < -0.3 is 25.4 Å². The summed E-state index contributed by atoms with van der Waals surface area (Å²) >= 11 is 1.02. The number of ether oxygens (including phenoxy) is 1. The first kappa shape index (κ1) is 27.3. The summed E-state index contributed by atoms with van der Waals surface area (Å²) < 4.78 is 9.37. The first-order valence-corrected chi connectivity index (χ1v) is 13.2. The number of hydrogen-bond donors (Lipinski definition) is 4. The van der Waals surface area contributed by atoms with Gasteiger partial charge in [0.25, 0.3) is 5.91 Å². The summed E-state index contributed by atoms with van der Waals surface area (Å²) in [6.45, 7) is 7.01. The number of methoxy groups -OCH3 is 1. The number of amides is 1. The molecule has 12 heteroatoms. The Morgan fingerprint density at radius 1 is 1.29 bits per heavy atom. The third kappa shape index (κ3) is 5.55. The Bertz CT molecular complexity index is 1340. The van der Waals surface area contributed by atoms with Crippen molar-refractivity contribution in [2.24, 2.45) is 0 Å². The third-order valence-electron chi connectivity index (χ3n) is 6.18. The zero-order valence-electron chi connectivity index (χ0n) is 22.5. The van der Waals surface area contributed by atoms with Crippen molar-refractivity contribution in [3.63, 3.8) is 0 Å². The van der Waals surface area contributed by atoms with E-state index in [4.69, 9.17) is 15.1 Å². The number of carbonyl (C=O) groups excluding carboxylic acids is 1. The number of rotatable bonds is 9. The molecule has 4 heterocycles. The second-order valence-electron chi connectivity index (χ2n) is 9.75. The predicted molar refractivity (Wildman–Crippen MR) is 151 cm³/mol. The summed E-state index contributed by atoms with van der Waals surface area (Å²) in [4.78, 5) is 26.6. The van der Waals surface area contributed by atoms with Crippen LogP contribution in [0.15, 0.2) is 24.3 Å². The summed E-state index contributed by atoms with van der Waals surface area (Å²) in [7, 11) is 5.55. The number of aromatic nitrogens is 3. The molecule has 0 fully saturated rings. The quantitative estimate of drug-likeness (QED) is 0.237. The Kier molecular flexibility index (Phi) is 8.12. The molecular formula is C26H34N8O3S. The summed E-state index contributed by atoms with van der Waals surface area (Å²) in [5, 5.41) is 25.0. The SMILES string of the molecule is COCC(C)c1cc(N(C)C)nc2c1CCN2C(=O)c1cccc(Nc2snc(O)c2C(=N)NC(C)C)n1. The van der Waals surface area contributed by atoms with Gasteiger partial charge in [-0.15, -0.1) is 0 Å². The maximum absolute atomic E-state index is 13.7. The fourth-order valence-corrected chi connectivity index (χ4v) is 5.11. The van der Waals surface area contributed by atoms with E-state index < -0.39 is 0 Å². The highest BCUT2D eigenvalue weighted by molar-refractivity contribution is 7.11. The summed E-state index contributed by atoms with van der Waals surface area (Å²) in [6.07, 6.45) is 0.706. The van der Waals surface area contributed by atoms with Crippen molar-refractivity contribution in [3.05, 3.63) is 46.6 Å². The minimum absolute atomic E-state index is 0.0108. The molecule has 0 radical (unpaired) electrons. The molecule has 3 aromatic heterocycles. The number of carbonyl (C=O) groups is 1.